The van der Waals surface area contributed by atoms with Gasteiger partial charge in [-0.1, -0.05) is 12.1 Å². The van der Waals surface area contributed by atoms with E-state index >= 15 is 0 Å². The molecule has 0 fully saturated rings. The number of aromatic nitrogens is 1. The van der Waals surface area contributed by atoms with Crippen LogP contribution in [-0.2, 0) is 10.0 Å². The van der Waals surface area contributed by atoms with E-state index in [2.05, 4.69) is 15.0 Å². The lowest BCUT2D eigenvalue weighted by atomic mass is 10.2. The van der Waals surface area contributed by atoms with Gasteiger partial charge in [-0.25, -0.2) is 17.8 Å². The zero-order valence-electron chi connectivity index (χ0n) is 14.7. The van der Waals surface area contributed by atoms with E-state index in [1.807, 2.05) is 0 Å². The van der Waals surface area contributed by atoms with Gasteiger partial charge in [0, 0.05) is 0 Å². The largest absolute Gasteiger partial charge is 0.497 e. The van der Waals surface area contributed by atoms with Crippen molar-refractivity contribution in [2.45, 2.75) is 11.8 Å². The van der Waals surface area contributed by atoms with Gasteiger partial charge in [0.1, 0.15) is 17.4 Å². The maximum absolute atomic E-state index is 13.7. The number of pyridine rings is 1. The second-order valence-corrected chi connectivity index (χ2v) is 7.42. The molecule has 0 amide bonds. The lowest BCUT2D eigenvalue weighted by Crippen LogP contribution is -2.15. The summed E-state index contributed by atoms with van der Waals surface area (Å²) >= 11 is 0. The normalized spacial score (nSPS) is 11.1. The Bertz CT molecular complexity index is 1050. The SMILES string of the molecule is COc1ccc(S(=O)(=O)Nc2ccc(Nc3ccccc3F)cn2)c(C)c1. The van der Waals surface area contributed by atoms with Crippen LogP contribution in [0.3, 0.4) is 0 Å². The molecule has 0 unspecified atom stereocenters. The van der Waals surface area contributed by atoms with Crippen LogP contribution >= 0.6 is 0 Å². The number of ether oxygens (including phenoxy) is 1. The van der Waals surface area contributed by atoms with Crippen LogP contribution in [0.2, 0.25) is 0 Å². The van der Waals surface area contributed by atoms with Crippen LogP contribution in [0.15, 0.2) is 65.7 Å². The summed E-state index contributed by atoms with van der Waals surface area (Å²) in [6, 6.07) is 14.0. The Balaban J connectivity index is 1.77. The van der Waals surface area contributed by atoms with Gasteiger partial charge in [-0.05, 0) is 55.0 Å². The first-order valence-corrected chi connectivity index (χ1v) is 9.52. The third-order valence-electron chi connectivity index (χ3n) is 3.83. The second kappa shape index (κ2) is 7.63. The number of hydrogen-bond acceptors (Lipinski definition) is 5. The van der Waals surface area contributed by atoms with Crippen LogP contribution in [0.1, 0.15) is 5.56 Å². The number of para-hydroxylation sites is 1. The smallest absolute Gasteiger partial charge is 0.263 e. The van der Waals surface area contributed by atoms with Crippen LogP contribution in [0.4, 0.5) is 21.6 Å². The summed E-state index contributed by atoms with van der Waals surface area (Å²) in [5.74, 6) is 0.342. The van der Waals surface area contributed by atoms with E-state index in [-0.39, 0.29) is 10.7 Å². The fraction of sp³-hybridized carbons (Fsp3) is 0.105. The van der Waals surface area contributed by atoms with Crippen LogP contribution in [-0.4, -0.2) is 20.5 Å². The molecule has 0 saturated carbocycles. The third-order valence-corrected chi connectivity index (χ3v) is 5.34. The highest BCUT2D eigenvalue weighted by Gasteiger charge is 2.18. The minimum Gasteiger partial charge on any atom is -0.497 e. The predicted molar refractivity (Wildman–Crippen MR) is 102 cm³/mol. The number of nitrogens with one attached hydrogen (secondary N) is 2. The maximum Gasteiger partial charge on any atom is 0.263 e. The monoisotopic (exact) mass is 387 g/mol. The molecular formula is C19H18FN3O3S. The highest BCUT2D eigenvalue weighted by atomic mass is 32.2. The highest BCUT2D eigenvalue weighted by molar-refractivity contribution is 7.92. The molecule has 0 saturated heterocycles. The summed E-state index contributed by atoms with van der Waals surface area (Å²) in [5.41, 5.74) is 1.39. The van der Waals surface area contributed by atoms with Crippen molar-refractivity contribution in [2.24, 2.45) is 0 Å². The lowest BCUT2D eigenvalue weighted by Gasteiger charge is -2.12. The summed E-state index contributed by atoms with van der Waals surface area (Å²) in [5, 5.41) is 2.89. The maximum atomic E-state index is 13.7. The predicted octanol–water partition coefficient (Wildman–Crippen LogP) is 4.08. The molecule has 140 valence electrons. The van der Waals surface area contributed by atoms with Gasteiger partial charge in [0.05, 0.1) is 29.6 Å². The van der Waals surface area contributed by atoms with E-state index < -0.39 is 15.8 Å². The molecule has 2 aromatic carbocycles. The van der Waals surface area contributed by atoms with Gasteiger partial charge in [-0.15, -0.1) is 0 Å². The van der Waals surface area contributed by atoms with Gasteiger partial charge >= 0.3 is 0 Å². The summed E-state index contributed by atoms with van der Waals surface area (Å²) in [6.45, 7) is 1.69. The Hall–Kier alpha value is -3.13. The molecule has 0 radical (unpaired) electrons. The van der Waals surface area contributed by atoms with Gasteiger partial charge in [0.25, 0.3) is 10.0 Å². The zero-order valence-corrected chi connectivity index (χ0v) is 15.5. The quantitative estimate of drug-likeness (QED) is 0.666. The minimum absolute atomic E-state index is 0.138. The average molecular weight is 387 g/mol. The molecule has 6 nitrogen and oxygen atoms in total. The summed E-state index contributed by atoms with van der Waals surface area (Å²) in [7, 11) is -2.28. The number of sulfonamides is 1. The van der Waals surface area contributed by atoms with Crippen LogP contribution in [0.5, 0.6) is 5.75 Å². The van der Waals surface area contributed by atoms with E-state index in [4.69, 9.17) is 4.74 Å². The van der Waals surface area contributed by atoms with Crippen molar-refractivity contribution in [2.75, 3.05) is 17.1 Å². The molecule has 0 aliphatic heterocycles. The van der Waals surface area contributed by atoms with Gasteiger partial charge in [-0.3, -0.25) is 4.72 Å². The van der Waals surface area contributed by atoms with Gasteiger partial charge in [-0.2, -0.15) is 0 Å². The number of aryl methyl sites for hydroxylation is 1. The molecule has 0 atom stereocenters. The third kappa shape index (κ3) is 4.35. The van der Waals surface area contributed by atoms with Crippen molar-refractivity contribution in [3.8, 4) is 5.75 Å². The van der Waals surface area contributed by atoms with E-state index in [9.17, 15) is 12.8 Å². The molecule has 3 aromatic rings. The molecule has 27 heavy (non-hydrogen) atoms. The van der Waals surface area contributed by atoms with Crippen molar-refractivity contribution >= 4 is 27.2 Å². The zero-order chi connectivity index (χ0) is 19.4. The van der Waals surface area contributed by atoms with Crippen LogP contribution in [0.25, 0.3) is 0 Å². The van der Waals surface area contributed by atoms with Crippen LogP contribution in [0, 0.1) is 12.7 Å². The Morgan fingerprint density at radius 2 is 1.85 bits per heavy atom. The van der Waals surface area contributed by atoms with Gasteiger partial charge in [0.15, 0.2) is 0 Å². The van der Waals surface area contributed by atoms with E-state index in [1.54, 1.807) is 43.3 Å². The molecule has 0 aliphatic rings. The number of benzene rings is 2. The molecule has 8 heteroatoms. The average Bonchev–Trinajstić information content (AvgIpc) is 2.64. The second-order valence-electron chi connectivity index (χ2n) is 5.77. The molecule has 0 bridgehead atoms. The number of halogens is 1. The molecule has 2 N–H and O–H groups in total. The topological polar surface area (TPSA) is 80.3 Å². The van der Waals surface area contributed by atoms with E-state index in [0.717, 1.165) is 0 Å². The first kappa shape index (κ1) is 18.7. The Morgan fingerprint density at radius 1 is 1.07 bits per heavy atom. The summed E-state index contributed by atoms with van der Waals surface area (Å²) in [6.07, 6.45) is 1.42. The number of nitrogens with zero attached hydrogens (tertiary/aromatic N) is 1. The summed E-state index contributed by atoms with van der Waals surface area (Å²) in [4.78, 5) is 4.22. The first-order chi connectivity index (χ1) is 12.9. The van der Waals surface area contributed by atoms with Crippen molar-refractivity contribution in [1.82, 2.24) is 4.98 Å². The molecule has 0 aliphatic carbocycles. The molecular weight excluding hydrogens is 369 g/mol. The number of rotatable bonds is 6. The Morgan fingerprint density at radius 3 is 2.48 bits per heavy atom. The molecule has 1 aromatic heterocycles. The lowest BCUT2D eigenvalue weighted by molar-refractivity contribution is 0.414. The molecule has 3 rings (SSSR count). The Labute approximate surface area is 157 Å². The molecule has 1 heterocycles. The minimum atomic E-state index is -3.80. The van der Waals surface area contributed by atoms with Crippen LogP contribution < -0.4 is 14.8 Å². The Kier molecular flexibility index (Phi) is 5.27. The first-order valence-electron chi connectivity index (χ1n) is 8.04. The van der Waals surface area contributed by atoms with Crippen molar-refractivity contribution < 1.29 is 17.5 Å². The number of anilines is 3. The standard InChI is InChI=1S/C19H18FN3O3S/c1-13-11-15(26-2)8-9-18(13)27(24,25)23-19-10-7-14(12-21-19)22-17-6-4-3-5-16(17)20/h3-12,22H,1-2H3,(H,21,23). The van der Waals surface area contributed by atoms with Crippen molar-refractivity contribution in [1.29, 1.82) is 0 Å². The van der Waals surface area contributed by atoms with E-state index in [0.29, 0.717) is 22.7 Å². The number of hydrogen-bond donors (Lipinski definition) is 2. The van der Waals surface area contributed by atoms with Crippen molar-refractivity contribution in [3.63, 3.8) is 0 Å². The molecule has 0 spiro atoms. The summed E-state index contributed by atoms with van der Waals surface area (Å²) < 4.78 is 46.4. The van der Waals surface area contributed by atoms with Crippen molar-refractivity contribution in [3.05, 3.63) is 72.2 Å². The fourth-order valence-electron chi connectivity index (χ4n) is 2.49. The van der Waals surface area contributed by atoms with Gasteiger partial charge < -0.3 is 10.1 Å². The highest BCUT2D eigenvalue weighted by Crippen LogP contribution is 2.24. The fourth-order valence-corrected chi connectivity index (χ4v) is 3.73. The van der Waals surface area contributed by atoms with Gasteiger partial charge in [0.2, 0.25) is 0 Å². The van der Waals surface area contributed by atoms with E-state index in [1.165, 1.54) is 31.5 Å². The number of methoxy groups -OCH3 is 1.